The molecule has 0 aliphatic heterocycles. The predicted octanol–water partition coefficient (Wildman–Crippen LogP) is 3.59. The van der Waals surface area contributed by atoms with Gasteiger partial charge in [-0.3, -0.25) is 0 Å². The Morgan fingerprint density at radius 3 is 2.65 bits per heavy atom. The van der Waals surface area contributed by atoms with E-state index in [-0.39, 0.29) is 0 Å². The number of hydrogen-bond acceptors (Lipinski definition) is 2. The van der Waals surface area contributed by atoms with Crippen LogP contribution in [-0.2, 0) is 0 Å². The Balaban J connectivity index is 2.17. The summed E-state index contributed by atoms with van der Waals surface area (Å²) in [6.45, 7) is 7.79. The monoisotopic (exact) mass is 232 g/mol. The van der Waals surface area contributed by atoms with Gasteiger partial charge < -0.3 is 10.6 Å². The molecule has 2 nitrogen and oxygen atoms in total. The highest BCUT2D eigenvalue weighted by atomic mass is 15.2. The van der Waals surface area contributed by atoms with Crippen molar-refractivity contribution in [2.75, 3.05) is 17.2 Å². The van der Waals surface area contributed by atoms with Crippen molar-refractivity contribution in [2.45, 2.75) is 46.1 Å². The van der Waals surface area contributed by atoms with Crippen molar-refractivity contribution >= 4 is 11.4 Å². The maximum atomic E-state index is 6.21. The van der Waals surface area contributed by atoms with Gasteiger partial charge in [0.15, 0.2) is 0 Å². The van der Waals surface area contributed by atoms with E-state index in [4.69, 9.17) is 5.73 Å². The molecule has 1 aliphatic rings. The van der Waals surface area contributed by atoms with Crippen LogP contribution in [0.15, 0.2) is 18.2 Å². The van der Waals surface area contributed by atoms with E-state index in [1.54, 1.807) is 0 Å². The van der Waals surface area contributed by atoms with E-state index < -0.39 is 0 Å². The predicted molar refractivity (Wildman–Crippen MR) is 75.4 cm³/mol. The van der Waals surface area contributed by atoms with Crippen LogP contribution < -0.4 is 10.6 Å². The summed E-state index contributed by atoms with van der Waals surface area (Å²) >= 11 is 0. The first-order valence-corrected chi connectivity index (χ1v) is 6.71. The van der Waals surface area contributed by atoms with Gasteiger partial charge >= 0.3 is 0 Å². The van der Waals surface area contributed by atoms with Crippen molar-refractivity contribution in [1.82, 2.24) is 0 Å². The maximum Gasteiger partial charge on any atom is 0.0605 e. The van der Waals surface area contributed by atoms with Crippen LogP contribution in [0.1, 0.15) is 38.7 Å². The third-order valence-corrected chi connectivity index (χ3v) is 3.55. The summed E-state index contributed by atoms with van der Waals surface area (Å²) < 4.78 is 0. The minimum absolute atomic E-state index is 0.734. The lowest BCUT2D eigenvalue weighted by atomic mass is 10.1. The lowest BCUT2D eigenvalue weighted by Crippen LogP contribution is -2.28. The Morgan fingerprint density at radius 2 is 2.06 bits per heavy atom. The van der Waals surface area contributed by atoms with Crippen molar-refractivity contribution in [1.29, 1.82) is 0 Å². The first-order chi connectivity index (χ1) is 8.09. The summed E-state index contributed by atoms with van der Waals surface area (Å²) in [4.78, 5) is 2.52. The zero-order valence-corrected chi connectivity index (χ0v) is 11.2. The summed E-state index contributed by atoms with van der Waals surface area (Å²) in [5.41, 5.74) is 9.61. The van der Waals surface area contributed by atoms with Gasteiger partial charge in [0.25, 0.3) is 0 Å². The van der Waals surface area contributed by atoms with Crippen LogP contribution in [0.4, 0.5) is 11.4 Å². The minimum Gasteiger partial charge on any atom is -0.397 e. The zero-order valence-electron chi connectivity index (χ0n) is 11.2. The molecular weight excluding hydrogens is 208 g/mol. The molecule has 0 heterocycles. The van der Waals surface area contributed by atoms with Gasteiger partial charge in [0.2, 0.25) is 0 Å². The lowest BCUT2D eigenvalue weighted by Gasteiger charge is -2.27. The van der Waals surface area contributed by atoms with Crippen molar-refractivity contribution in [3.63, 3.8) is 0 Å². The molecule has 2 rings (SSSR count). The summed E-state index contributed by atoms with van der Waals surface area (Å²) in [5, 5.41) is 0. The van der Waals surface area contributed by atoms with Crippen LogP contribution in [0.3, 0.4) is 0 Å². The molecule has 1 aromatic rings. The molecule has 0 atom stereocenters. The Kier molecular flexibility index (Phi) is 3.60. The van der Waals surface area contributed by atoms with Gasteiger partial charge in [-0.25, -0.2) is 0 Å². The van der Waals surface area contributed by atoms with Gasteiger partial charge in [0, 0.05) is 12.6 Å². The lowest BCUT2D eigenvalue weighted by molar-refractivity contribution is 0.571. The molecule has 1 aliphatic carbocycles. The molecule has 0 radical (unpaired) electrons. The fourth-order valence-electron chi connectivity index (χ4n) is 2.20. The molecular formula is C15H24N2. The zero-order chi connectivity index (χ0) is 12.4. The summed E-state index contributed by atoms with van der Waals surface area (Å²) in [6, 6.07) is 7.11. The average Bonchev–Trinajstić information content (AvgIpc) is 3.08. The smallest absolute Gasteiger partial charge is 0.0605 e. The molecule has 0 saturated heterocycles. The van der Waals surface area contributed by atoms with Crippen molar-refractivity contribution in [3.05, 3.63) is 23.8 Å². The van der Waals surface area contributed by atoms with Crippen molar-refractivity contribution in [2.24, 2.45) is 5.92 Å². The largest absolute Gasteiger partial charge is 0.397 e. The first-order valence-electron chi connectivity index (χ1n) is 6.71. The van der Waals surface area contributed by atoms with E-state index in [1.165, 1.54) is 30.5 Å². The normalized spacial score (nSPS) is 15.3. The second-order valence-electron chi connectivity index (χ2n) is 5.61. The summed E-state index contributed by atoms with van der Waals surface area (Å²) in [5.74, 6) is 0.752. The summed E-state index contributed by atoms with van der Waals surface area (Å²) in [6.07, 6.45) is 3.89. The SMILES string of the molecule is Cc1cccc(N(CCC(C)C)C2CC2)c1N. The Bertz CT molecular complexity index is 381. The number of nitrogens with zero attached hydrogens (tertiary/aromatic N) is 1. The van der Waals surface area contributed by atoms with Gasteiger partial charge in [0.05, 0.1) is 11.4 Å². The first kappa shape index (κ1) is 12.3. The highest BCUT2D eigenvalue weighted by molar-refractivity contribution is 5.71. The number of nitrogen functional groups attached to an aromatic ring is 1. The van der Waals surface area contributed by atoms with Crippen LogP contribution in [0.5, 0.6) is 0 Å². The number of nitrogens with two attached hydrogens (primary N) is 1. The number of para-hydroxylation sites is 1. The van der Waals surface area contributed by atoms with E-state index in [0.29, 0.717) is 0 Å². The number of rotatable bonds is 5. The molecule has 0 aromatic heterocycles. The number of hydrogen-bond donors (Lipinski definition) is 1. The van der Waals surface area contributed by atoms with Crippen LogP contribution >= 0.6 is 0 Å². The van der Waals surface area contributed by atoms with Gasteiger partial charge in [-0.15, -0.1) is 0 Å². The summed E-state index contributed by atoms with van der Waals surface area (Å²) in [7, 11) is 0. The molecule has 94 valence electrons. The standard InChI is InChI=1S/C15H24N2/c1-11(2)9-10-17(13-7-8-13)14-6-4-5-12(3)15(14)16/h4-6,11,13H,7-10,16H2,1-3H3. The molecule has 0 spiro atoms. The molecule has 1 aromatic carbocycles. The molecule has 0 unspecified atom stereocenters. The quantitative estimate of drug-likeness (QED) is 0.786. The van der Waals surface area contributed by atoms with E-state index in [1.807, 2.05) is 0 Å². The van der Waals surface area contributed by atoms with Crippen LogP contribution in [0.2, 0.25) is 0 Å². The fourth-order valence-corrected chi connectivity index (χ4v) is 2.20. The molecule has 2 heteroatoms. The van der Waals surface area contributed by atoms with E-state index in [0.717, 1.165) is 24.2 Å². The van der Waals surface area contributed by atoms with Gasteiger partial charge in [-0.05, 0) is 43.7 Å². The molecule has 1 saturated carbocycles. The molecule has 0 bridgehead atoms. The van der Waals surface area contributed by atoms with Crippen molar-refractivity contribution in [3.8, 4) is 0 Å². The number of aryl methyl sites for hydroxylation is 1. The van der Waals surface area contributed by atoms with Crippen LogP contribution in [0.25, 0.3) is 0 Å². The van der Waals surface area contributed by atoms with E-state index >= 15 is 0 Å². The second-order valence-corrected chi connectivity index (χ2v) is 5.61. The minimum atomic E-state index is 0.734. The van der Waals surface area contributed by atoms with Gasteiger partial charge in [-0.2, -0.15) is 0 Å². The highest BCUT2D eigenvalue weighted by Gasteiger charge is 2.30. The Hall–Kier alpha value is -1.18. The Morgan fingerprint density at radius 1 is 1.35 bits per heavy atom. The van der Waals surface area contributed by atoms with E-state index in [9.17, 15) is 0 Å². The third kappa shape index (κ3) is 2.93. The van der Waals surface area contributed by atoms with Gasteiger partial charge in [0.1, 0.15) is 0 Å². The van der Waals surface area contributed by atoms with Crippen LogP contribution in [-0.4, -0.2) is 12.6 Å². The molecule has 17 heavy (non-hydrogen) atoms. The fraction of sp³-hybridized carbons (Fsp3) is 0.600. The third-order valence-electron chi connectivity index (χ3n) is 3.55. The highest BCUT2D eigenvalue weighted by Crippen LogP contribution is 2.36. The average molecular weight is 232 g/mol. The second kappa shape index (κ2) is 4.99. The maximum absolute atomic E-state index is 6.21. The topological polar surface area (TPSA) is 29.3 Å². The Labute approximate surface area is 105 Å². The van der Waals surface area contributed by atoms with Gasteiger partial charge in [-0.1, -0.05) is 26.0 Å². The van der Waals surface area contributed by atoms with E-state index in [2.05, 4.69) is 43.9 Å². The number of anilines is 2. The van der Waals surface area contributed by atoms with Crippen molar-refractivity contribution < 1.29 is 0 Å². The molecule has 0 amide bonds. The van der Waals surface area contributed by atoms with Crippen LogP contribution in [0, 0.1) is 12.8 Å². The molecule has 1 fully saturated rings. The molecule has 2 N–H and O–H groups in total. The number of benzene rings is 1.